The zero-order valence-electron chi connectivity index (χ0n) is 9.67. The van der Waals surface area contributed by atoms with Crippen molar-refractivity contribution in [1.29, 1.82) is 0 Å². The van der Waals surface area contributed by atoms with Crippen LogP contribution >= 0.6 is 0 Å². The van der Waals surface area contributed by atoms with Crippen LogP contribution in [0, 0.1) is 12.8 Å². The van der Waals surface area contributed by atoms with Gasteiger partial charge in [-0.1, -0.05) is 13.8 Å². The Morgan fingerprint density at radius 1 is 1.50 bits per heavy atom. The fourth-order valence-corrected chi connectivity index (χ4v) is 1.51. The first kappa shape index (κ1) is 11.1. The average Bonchev–Trinajstić information content (AvgIpc) is 2.39. The van der Waals surface area contributed by atoms with Crippen molar-refractivity contribution in [2.24, 2.45) is 13.0 Å². The van der Waals surface area contributed by atoms with Crippen molar-refractivity contribution >= 4 is 5.69 Å². The van der Waals surface area contributed by atoms with E-state index in [-0.39, 0.29) is 0 Å². The highest BCUT2D eigenvalue weighted by molar-refractivity contribution is 5.45. The lowest BCUT2D eigenvalue weighted by Crippen LogP contribution is -2.03. The van der Waals surface area contributed by atoms with Gasteiger partial charge in [0.2, 0.25) is 0 Å². The molecule has 0 saturated heterocycles. The first-order valence-corrected chi connectivity index (χ1v) is 5.33. The summed E-state index contributed by atoms with van der Waals surface area (Å²) in [6.45, 7) is 7.60. The van der Waals surface area contributed by atoms with E-state index in [0.29, 0.717) is 0 Å². The highest BCUT2D eigenvalue weighted by Gasteiger charge is 2.01. The summed E-state index contributed by atoms with van der Waals surface area (Å²) in [6, 6.07) is 0. The highest BCUT2D eigenvalue weighted by Crippen LogP contribution is 2.12. The predicted octanol–water partition coefficient (Wildman–Crippen LogP) is 2.58. The van der Waals surface area contributed by atoms with Crippen LogP contribution in [0.3, 0.4) is 0 Å². The third-order valence-electron chi connectivity index (χ3n) is 2.29. The van der Waals surface area contributed by atoms with Gasteiger partial charge in [-0.25, -0.2) is 0 Å². The normalized spacial score (nSPS) is 10.9. The van der Waals surface area contributed by atoms with Gasteiger partial charge in [0, 0.05) is 19.8 Å². The third-order valence-corrected chi connectivity index (χ3v) is 2.29. The summed E-state index contributed by atoms with van der Waals surface area (Å²) in [4.78, 5) is 0. The fourth-order valence-electron chi connectivity index (χ4n) is 1.51. The lowest BCUT2D eigenvalue weighted by Gasteiger charge is -2.06. The molecule has 1 aromatic rings. The molecule has 1 heterocycles. The molecule has 0 amide bonds. The molecule has 0 atom stereocenters. The number of aryl methyl sites for hydroxylation is 2. The molecule has 0 saturated carbocycles. The van der Waals surface area contributed by atoms with E-state index in [1.54, 1.807) is 0 Å². The van der Waals surface area contributed by atoms with Gasteiger partial charge in [0.1, 0.15) is 0 Å². The van der Waals surface area contributed by atoms with E-state index in [2.05, 4.69) is 24.3 Å². The number of hydrogen-bond acceptors (Lipinski definition) is 2. The van der Waals surface area contributed by atoms with Crippen LogP contribution in [0.1, 0.15) is 32.4 Å². The first-order chi connectivity index (χ1) is 6.59. The maximum atomic E-state index is 4.28. The number of aromatic nitrogens is 2. The Bertz CT molecular complexity index is 276. The molecule has 0 spiro atoms. The average molecular weight is 195 g/mol. The minimum Gasteiger partial charge on any atom is -0.382 e. The maximum absolute atomic E-state index is 4.28. The number of nitrogens with one attached hydrogen (secondary N) is 1. The molecule has 0 unspecified atom stereocenters. The van der Waals surface area contributed by atoms with Crippen molar-refractivity contribution < 1.29 is 0 Å². The van der Waals surface area contributed by atoms with E-state index in [0.717, 1.165) is 23.8 Å². The van der Waals surface area contributed by atoms with Gasteiger partial charge in [-0.2, -0.15) is 5.10 Å². The molecular weight excluding hydrogens is 174 g/mol. The molecule has 0 bridgehead atoms. The molecule has 0 aromatic carbocycles. The Balaban J connectivity index is 2.28. The third kappa shape index (κ3) is 3.40. The Morgan fingerprint density at radius 3 is 2.71 bits per heavy atom. The van der Waals surface area contributed by atoms with E-state index in [1.807, 2.05) is 24.9 Å². The second-order valence-electron chi connectivity index (χ2n) is 4.26. The van der Waals surface area contributed by atoms with Gasteiger partial charge in [-0.15, -0.1) is 0 Å². The number of nitrogens with zero attached hydrogens (tertiary/aromatic N) is 2. The van der Waals surface area contributed by atoms with Crippen LogP contribution in [-0.2, 0) is 7.05 Å². The Hall–Kier alpha value is -0.990. The molecular formula is C11H21N3. The van der Waals surface area contributed by atoms with Crippen molar-refractivity contribution in [3.05, 3.63) is 11.9 Å². The van der Waals surface area contributed by atoms with Gasteiger partial charge in [0.15, 0.2) is 0 Å². The Morgan fingerprint density at radius 2 is 2.21 bits per heavy atom. The minimum absolute atomic E-state index is 0.798. The molecule has 14 heavy (non-hydrogen) atoms. The molecule has 0 aliphatic rings. The molecule has 1 rings (SSSR count). The molecule has 3 heteroatoms. The van der Waals surface area contributed by atoms with Gasteiger partial charge in [-0.3, -0.25) is 4.68 Å². The van der Waals surface area contributed by atoms with Crippen LogP contribution in [0.2, 0.25) is 0 Å². The van der Waals surface area contributed by atoms with Gasteiger partial charge < -0.3 is 5.32 Å². The van der Waals surface area contributed by atoms with Crippen LogP contribution in [0.15, 0.2) is 6.20 Å². The lowest BCUT2D eigenvalue weighted by atomic mass is 10.1. The Kier molecular flexibility index (Phi) is 3.98. The van der Waals surface area contributed by atoms with E-state index < -0.39 is 0 Å². The summed E-state index contributed by atoms with van der Waals surface area (Å²) in [6.07, 6.45) is 4.54. The lowest BCUT2D eigenvalue weighted by molar-refractivity contribution is 0.567. The molecule has 0 fully saturated rings. The molecule has 0 aliphatic heterocycles. The number of rotatable bonds is 5. The summed E-state index contributed by atoms with van der Waals surface area (Å²) in [5, 5.41) is 7.68. The summed E-state index contributed by atoms with van der Waals surface area (Å²) < 4.78 is 1.85. The second-order valence-corrected chi connectivity index (χ2v) is 4.26. The van der Waals surface area contributed by atoms with Crippen LogP contribution in [0.5, 0.6) is 0 Å². The Labute approximate surface area is 86.5 Å². The standard InChI is InChI=1S/C11H21N3/c1-9(2)6-5-7-12-11-8-14(4)13-10(11)3/h8-9,12H,5-7H2,1-4H3. The molecule has 1 aromatic heterocycles. The van der Waals surface area contributed by atoms with Gasteiger partial charge >= 0.3 is 0 Å². The van der Waals surface area contributed by atoms with Crippen molar-refractivity contribution in [2.45, 2.75) is 33.6 Å². The molecule has 0 radical (unpaired) electrons. The smallest absolute Gasteiger partial charge is 0.0824 e. The van der Waals surface area contributed by atoms with Crippen molar-refractivity contribution in [3.8, 4) is 0 Å². The van der Waals surface area contributed by atoms with Crippen molar-refractivity contribution in [2.75, 3.05) is 11.9 Å². The van der Waals surface area contributed by atoms with Gasteiger partial charge in [0.25, 0.3) is 0 Å². The van der Waals surface area contributed by atoms with Crippen molar-refractivity contribution in [3.63, 3.8) is 0 Å². The number of anilines is 1. The van der Waals surface area contributed by atoms with Crippen LogP contribution in [0.4, 0.5) is 5.69 Å². The zero-order chi connectivity index (χ0) is 10.6. The predicted molar refractivity (Wildman–Crippen MR) is 60.5 cm³/mol. The summed E-state index contributed by atoms with van der Waals surface area (Å²) in [5.74, 6) is 0.798. The van der Waals surface area contributed by atoms with E-state index in [4.69, 9.17) is 0 Å². The summed E-state index contributed by atoms with van der Waals surface area (Å²) in [7, 11) is 1.95. The van der Waals surface area contributed by atoms with Crippen molar-refractivity contribution in [1.82, 2.24) is 9.78 Å². The monoisotopic (exact) mass is 195 g/mol. The topological polar surface area (TPSA) is 29.9 Å². The van der Waals surface area contributed by atoms with Gasteiger partial charge in [0.05, 0.1) is 11.4 Å². The maximum Gasteiger partial charge on any atom is 0.0824 e. The summed E-state index contributed by atoms with van der Waals surface area (Å²) >= 11 is 0. The fraction of sp³-hybridized carbons (Fsp3) is 0.727. The quantitative estimate of drug-likeness (QED) is 0.732. The highest BCUT2D eigenvalue weighted by atomic mass is 15.3. The minimum atomic E-state index is 0.798. The van der Waals surface area contributed by atoms with E-state index >= 15 is 0 Å². The van der Waals surface area contributed by atoms with Crippen LogP contribution < -0.4 is 5.32 Å². The van der Waals surface area contributed by atoms with E-state index in [1.165, 1.54) is 12.8 Å². The largest absolute Gasteiger partial charge is 0.382 e. The molecule has 80 valence electrons. The van der Waals surface area contributed by atoms with Crippen LogP contribution in [-0.4, -0.2) is 16.3 Å². The van der Waals surface area contributed by atoms with Gasteiger partial charge in [-0.05, 0) is 25.7 Å². The zero-order valence-corrected chi connectivity index (χ0v) is 9.67. The molecule has 1 N–H and O–H groups in total. The molecule has 0 aliphatic carbocycles. The SMILES string of the molecule is Cc1nn(C)cc1NCCCC(C)C. The van der Waals surface area contributed by atoms with Crippen LogP contribution in [0.25, 0.3) is 0 Å². The molecule has 3 nitrogen and oxygen atoms in total. The summed E-state index contributed by atoms with van der Waals surface area (Å²) in [5.41, 5.74) is 2.24. The second kappa shape index (κ2) is 5.03. The number of hydrogen-bond donors (Lipinski definition) is 1. The first-order valence-electron chi connectivity index (χ1n) is 5.33. The van der Waals surface area contributed by atoms with E-state index in [9.17, 15) is 0 Å².